The summed E-state index contributed by atoms with van der Waals surface area (Å²) in [7, 11) is 0.153. The Morgan fingerprint density at radius 1 is 1.27 bits per heavy atom. The average Bonchev–Trinajstić information content (AvgIpc) is 3.31. The maximum atomic E-state index is 13.5. The molecular formula is C19H24N4O6S. The Hall–Kier alpha value is -2.92. The van der Waals surface area contributed by atoms with E-state index in [9.17, 15) is 13.2 Å². The van der Waals surface area contributed by atoms with E-state index in [-0.39, 0.29) is 28.9 Å². The number of ether oxygens (including phenoxy) is 3. The normalized spacial score (nSPS) is 17.8. The summed E-state index contributed by atoms with van der Waals surface area (Å²) in [5.41, 5.74) is 0.459. The summed E-state index contributed by atoms with van der Waals surface area (Å²) in [5, 5.41) is 6.68. The lowest BCUT2D eigenvalue weighted by Crippen LogP contribution is -2.39. The van der Waals surface area contributed by atoms with Crippen molar-refractivity contribution in [3.63, 3.8) is 0 Å². The van der Waals surface area contributed by atoms with Crippen LogP contribution in [0, 0.1) is 0 Å². The lowest BCUT2D eigenvalue weighted by atomic mass is 9.99. The number of aromatic amines is 1. The van der Waals surface area contributed by atoms with Crippen molar-refractivity contribution in [2.45, 2.75) is 23.7 Å². The number of methoxy groups -OCH3 is 3. The van der Waals surface area contributed by atoms with Gasteiger partial charge in [0, 0.05) is 25.1 Å². The predicted molar refractivity (Wildman–Crippen MR) is 108 cm³/mol. The summed E-state index contributed by atoms with van der Waals surface area (Å²) in [4.78, 5) is 15.6. The summed E-state index contributed by atoms with van der Waals surface area (Å²) in [6, 6.07) is 3.04. The van der Waals surface area contributed by atoms with Gasteiger partial charge >= 0.3 is 5.97 Å². The predicted octanol–water partition coefficient (Wildman–Crippen LogP) is 1.58. The van der Waals surface area contributed by atoms with Crippen LogP contribution in [0.1, 0.15) is 30.1 Å². The number of carbonyl (C=O) groups is 1. The van der Waals surface area contributed by atoms with E-state index in [1.807, 2.05) is 0 Å². The van der Waals surface area contributed by atoms with Crippen molar-refractivity contribution >= 4 is 22.1 Å². The van der Waals surface area contributed by atoms with Crippen LogP contribution in [0.3, 0.4) is 0 Å². The Kier molecular flexibility index (Phi) is 6.73. The maximum absolute atomic E-state index is 13.5. The number of sulfonamides is 1. The van der Waals surface area contributed by atoms with Crippen LogP contribution in [0.4, 0.5) is 0 Å². The number of benzene rings is 1. The highest BCUT2D eigenvalue weighted by Crippen LogP contribution is 2.39. The van der Waals surface area contributed by atoms with Gasteiger partial charge < -0.3 is 14.2 Å². The van der Waals surface area contributed by atoms with Crippen LogP contribution in [0.15, 0.2) is 29.4 Å². The number of hydrogen-bond acceptors (Lipinski definition) is 8. The number of hydrogen-bond donors (Lipinski definition) is 1. The molecule has 1 aliphatic rings. The molecule has 0 bridgehead atoms. The summed E-state index contributed by atoms with van der Waals surface area (Å²) in [6.45, 7) is 0.645. The molecule has 0 radical (unpaired) electrons. The number of aromatic nitrogens is 3. The second-order valence-corrected chi connectivity index (χ2v) is 8.59. The van der Waals surface area contributed by atoms with E-state index in [0.29, 0.717) is 24.4 Å². The topological polar surface area (TPSA) is 124 Å². The van der Waals surface area contributed by atoms with Crippen LogP contribution in [0.5, 0.6) is 11.5 Å². The van der Waals surface area contributed by atoms with Crippen LogP contribution in [0.25, 0.3) is 6.08 Å². The molecule has 2 aromatic rings. The standard InChI is InChI=1S/C19H24N4O6S/c1-27-15-9-13(6-7-17(24)28-2)10-16(18(15)29-3)30(25,26)23-8-4-5-14(11-23)19-20-12-21-22-19/h6-7,9-10,12,14H,4-5,8,11H2,1-3H3,(H,20,21,22)/b7-6+/t14-/m1/s1. The molecule has 1 atom stereocenters. The first kappa shape index (κ1) is 21.8. The molecule has 0 spiro atoms. The zero-order chi connectivity index (χ0) is 21.7. The lowest BCUT2D eigenvalue weighted by molar-refractivity contribution is -0.134. The van der Waals surface area contributed by atoms with Crippen molar-refractivity contribution < 1.29 is 27.4 Å². The molecule has 0 aliphatic carbocycles. The van der Waals surface area contributed by atoms with E-state index < -0.39 is 16.0 Å². The first-order valence-electron chi connectivity index (χ1n) is 9.28. The molecular weight excluding hydrogens is 412 g/mol. The molecule has 1 aromatic carbocycles. The van der Waals surface area contributed by atoms with Crippen LogP contribution in [-0.4, -0.2) is 68.3 Å². The molecule has 0 amide bonds. The summed E-state index contributed by atoms with van der Waals surface area (Å²) in [5.74, 6) is 0.377. The maximum Gasteiger partial charge on any atom is 0.330 e. The molecule has 1 aliphatic heterocycles. The number of nitrogens with zero attached hydrogens (tertiary/aromatic N) is 3. The summed E-state index contributed by atoms with van der Waals surface area (Å²) in [6.07, 6.45) is 5.57. The number of esters is 1. The Balaban J connectivity index is 2.00. The van der Waals surface area contributed by atoms with Crippen LogP contribution < -0.4 is 9.47 Å². The minimum Gasteiger partial charge on any atom is -0.493 e. The largest absolute Gasteiger partial charge is 0.493 e. The molecule has 162 valence electrons. The van der Waals surface area contributed by atoms with Crippen molar-refractivity contribution in [1.29, 1.82) is 0 Å². The number of nitrogens with one attached hydrogen (secondary N) is 1. The fraction of sp³-hybridized carbons (Fsp3) is 0.421. The third-order valence-corrected chi connectivity index (χ3v) is 6.77. The van der Waals surface area contributed by atoms with Crippen molar-refractivity contribution in [3.8, 4) is 11.5 Å². The van der Waals surface area contributed by atoms with Gasteiger partial charge in [0.25, 0.3) is 0 Å². The monoisotopic (exact) mass is 436 g/mol. The van der Waals surface area contributed by atoms with Crippen LogP contribution in [0.2, 0.25) is 0 Å². The van der Waals surface area contributed by atoms with Crippen molar-refractivity contribution in [2.75, 3.05) is 34.4 Å². The number of rotatable bonds is 7. The molecule has 1 N–H and O–H groups in total. The molecule has 30 heavy (non-hydrogen) atoms. The molecule has 1 saturated heterocycles. The van der Waals surface area contributed by atoms with E-state index in [4.69, 9.17) is 9.47 Å². The highest BCUT2D eigenvalue weighted by atomic mass is 32.2. The van der Waals surface area contributed by atoms with E-state index in [1.54, 1.807) is 6.07 Å². The first-order chi connectivity index (χ1) is 14.4. The van der Waals surface area contributed by atoms with Gasteiger partial charge in [0.05, 0.1) is 21.3 Å². The van der Waals surface area contributed by atoms with Gasteiger partial charge in [-0.1, -0.05) is 0 Å². The second kappa shape index (κ2) is 9.26. The number of H-pyrrole nitrogens is 1. The summed E-state index contributed by atoms with van der Waals surface area (Å²) >= 11 is 0. The Labute approximate surface area is 174 Å². The number of piperidine rings is 1. The zero-order valence-corrected chi connectivity index (χ0v) is 17.8. The molecule has 1 fully saturated rings. The molecule has 0 saturated carbocycles. The molecule has 3 rings (SSSR count). The highest BCUT2D eigenvalue weighted by molar-refractivity contribution is 7.89. The number of carbonyl (C=O) groups excluding carboxylic acids is 1. The van der Waals surface area contributed by atoms with Crippen molar-refractivity contribution in [2.24, 2.45) is 0 Å². The van der Waals surface area contributed by atoms with E-state index in [0.717, 1.165) is 6.42 Å². The fourth-order valence-electron chi connectivity index (χ4n) is 3.40. The van der Waals surface area contributed by atoms with Gasteiger partial charge in [-0.25, -0.2) is 18.2 Å². The molecule has 10 nitrogen and oxygen atoms in total. The van der Waals surface area contributed by atoms with Gasteiger partial charge in [-0.15, -0.1) is 0 Å². The molecule has 0 unspecified atom stereocenters. The summed E-state index contributed by atoms with van der Waals surface area (Å²) < 4.78 is 43.8. The first-order valence-corrected chi connectivity index (χ1v) is 10.7. The average molecular weight is 436 g/mol. The van der Waals surface area contributed by atoms with Crippen LogP contribution in [-0.2, 0) is 19.6 Å². The van der Waals surface area contributed by atoms with E-state index >= 15 is 0 Å². The van der Waals surface area contributed by atoms with Gasteiger partial charge in [0.15, 0.2) is 11.5 Å². The van der Waals surface area contributed by atoms with Gasteiger partial charge in [0.1, 0.15) is 17.0 Å². The SMILES string of the molecule is COC(=O)/C=C/c1cc(OC)c(OC)c(S(=O)(=O)N2CCC[C@@H](c3ncn[nH]3)C2)c1. The minimum atomic E-state index is -3.91. The Bertz CT molecular complexity index is 1020. The van der Waals surface area contributed by atoms with Crippen molar-refractivity contribution in [3.05, 3.63) is 35.9 Å². The van der Waals surface area contributed by atoms with Gasteiger partial charge in [-0.3, -0.25) is 5.10 Å². The van der Waals surface area contributed by atoms with Crippen LogP contribution >= 0.6 is 0 Å². The fourth-order valence-corrected chi connectivity index (χ4v) is 5.13. The van der Waals surface area contributed by atoms with E-state index in [2.05, 4.69) is 19.9 Å². The van der Waals surface area contributed by atoms with Gasteiger partial charge in [-0.05, 0) is 36.6 Å². The highest BCUT2D eigenvalue weighted by Gasteiger charge is 2.35. The molecule has 2 heterocycles. The smallest absolute Gasteiger partial charge is 0.330 e. The quantitative estimate of drug-likeness (QED) is 0.512. The third-order valence-electron chi connectivity index (χ3n) is 4.90. The minimum absolute atomic E-state index is 0.0351. The Morgan fingerprint density at radius 2 is 2.07 bits per heavy atom. The molecule has 1 aromatic heterocycles. The van der Waals surface area contributed by atoms with E-state index in [1.165, 1.54) is 50.2 Å². The third kappa shape index (κ3) is 4.46. The van der Waals surface area contributed by atoms with Crippen molar-refractivity contribution in [1.82, 2.24) is 19.5 Å². The van der Waals surface area contributed by atoms with Gasteiger partial charge in [-0.2, -0.15) is 9.40 Å². The zero-order valence-electron chi connectivity index (χ0n) is 17.0. The Morgan fingerprint density at radius 3 is 2.70 bits per heavy atom. The van der Waals surface area contributed by atoms with Gasteiger partial charge in [0.2, 0.25) is 10.0 Å². The second-order valence-electron chi connectivity index (χ2n) is 6.68. The lowest BCUT2D eigenvalue weighted by Gasteiger charge is -2.31. The molecule has 11 heteroatoms.